The molecule has 4 unspecified atom stereocenters. The molecule has 0 bridgehead atoms. The lowest BCUT2D eigenvalue weighted by Crippen LogP contribution is -2.41. The molecular weight excluding hydrogens is 467 g/mol. The highest BCUT2D eigenvalue weighted by Crippen LogP contribution is 2.34. The molecule has 0 radical (unpaired) electrons. The van der Waals surface area contributed by atoms with E-state index in [4.69, 9.17) is 9.47 Å². The zero-order valence-electron chi connectivity index (χ0n) is 19.0. The summed E-state index contributed by atoms with van der Waals surface area (Å²) in [7, 11) is 0. The molecule has 0 saturated carbocycles. The van der Waals surface area contributed by atoms with Gasteiger partial charge >= 0.3 is 12.1 Å². The molecular formula is C25H28F3NO4S. The van der Waals surface area contributed by atoms with Gasteiger partial charge in [-0.15, -0.1) is 11.3 Å². The summed E-state index contributed by atoms with van der Waals surface area (Å²) < 4.78 is 51.1. The molecule has 2 aromatic rings. The number of carbonyl (C=O) groups is 1. The molecule has 3 rings (SSSR count). The molecule has 0 spiro atoms. The van der Waals surface area contributed by atoms with Crippen LogP contribution in [0, 0.1) is 5.92 Å². The van der Waals surface area contributed by atoms with Crippen LogP contribution in [0.4, 0.5) is 13.2 Å². The van der Waals surface area contributed by atoms with Gasteiger partial charge in [-0.2, -0.15) is 13.2 Å². The second kappa shape index (κ2) is 11.3. The van der Waals surface area contributed by atoms with Crippen LogP contribution in [0.1, 0.15) is 48.6 Å². The number of benzene rings is 1. The topological polar surface area (TPSA) is 68.7 Å². The molecule has 0 aliphatic heterocycles. The van der Waals surface area contributed by atoms with Gasteiger partial charge in [0, 0.05) is 23.4 Å². The fourth-order valence-corrected chi connectivity index (χ4v) is 4.66. The maximum Gasteiger partial charge on any atom is 0.416 e. The van der Waals surface area contributed by atoms with Gasteiger partial charge in [-0.3, -0.25) is 4.98 Å². The van der Waals surface area contributed by atoms with Crippen LogP contribution in [-0.2, 0) is 26.9 Å². The number of aliphatic carboxylic acids is 1. The standard InChI is InChI=1S/C25H28F3NO4S/c1-17(13-22-14-29-16-34-22)12-20(19-6-8-21(9-7-19)25(26,27)28)15-32-24(10-4-3-5-11-24)33-18(2)23(30)31/h3-10,14,16-18,20H,11-13,15H2,1-2H3,(H,30,31). The lowest BCUT2D eigenvalue weighted by molar-refractivity contribution is -0.230. The average molecular weight is 496 g/mol. The number of hydrogen-bond donors (Lipinski definition) is 1. The fourth-order valence-electron chi connectivity index (χ4n) is 3.90. The van der Waals surface area contributed by atoms with E-state index in [0.29, 0.717) is 12.8 Å². The minimum Gasteiger partial charge on any atom is -0.479 e. The molecule has 1 aromatic heterocycles. The third-order valence-corrected chi connectivity index (χ3v) is 6.48. The Morgan fingerprint density at radius 3 is 2.53 bits per heavy atom. The lowest BCUT2D eigenvalue weighted by atomic mass is 9.88. The number of rotatable bonds is 11. The largest absolute Gasteiger partial charge is 0.479 e. The van der Waals surface area contributed by atoms with Crippen LogP contribution in [0.15, 0.2) is 60.3 Å². The number of allylic oxidation sites excluding steroid dienone is 2. The van der Waals surface area contributed by atoms with Crippen LogP contribution in [-0.4, -0.2) is 34.6 Å². The van der Waals surface area contributed by atoms with Crippen molar-refractivity contribution in [3.63, 3.8) is 0 Å². The molecule has 4 atom stereocenters. The quantitative estimate of drug-likeness (QED) is 0.374. The zero-order valence-corrected chi connectivity index (χ0v) is 19.8. The zero-order chi connectivity index (χ0) is 24.8. The number of thiazole rings is 1. The van der Waals surface area contributed by atoms with Crippen molar-refractivity contribution < 1.29 is 32.5 Å². The number of aromatic nitrogens is 1. The Kier molecular flexibility index (Phi) is 8.67. The number of nitrogens with zero attached hydrogens (tertiary/aromatic N) is 1. The van der Waals surface area contributed by atoms with Crippen LogP contribution < -0.4 is 0 Å². The van der Waals surface area contributed by atoms with Crippen molar-refractivity contribution in [2.75, 3.05) is 6.61 Å². The van der Waals surface area contributed by atoms with Gasteiger partial charge in [0.1, 0.15) is 0 Å². The molecule has 1 N–H and O–H groups in total. The Morgan fingerprint density at radius 2 is 1.97 bits per heavy atom. The van der Waals surface area contributed by atoms with Crippen LogP contribution >= 0.6 is 11.3 Å². The van der Waals surface area contributed by atoms with Crippen molar-refractivity contribution in [2.24, 2.45) is 5.92 Å². The molecule has 1 aliphatic rings. The van der Waals surface area contributed by atoms with Crippen molar-refractivity contribution in [2.45, 2.75) is 57.1 Å². The smallest absolute Gasteiger partial charge is 0.416 e. The first-order chi connectivity index (χ1) is 16.1. The van der Waals surface area contributed by atoms with Crippen molar-refractivity contribution in [1.82, 2.24) is 4.98 Å². The molecule has 184 valence electrons. The first-order valence-electron chi connectivity index (χ1n) is 11.0. The van der Waals surface area contributed by atoms with E-state index in [2.05, 4.69) is 11.9 Å². The predicted octanol–water partition coefficient (Wildman–Crippen LogP) is 6.23. The number of ether oxygens (including phenoxy) is 2. The van der Waals surface area contributed by atoms with Gasteiger partial charge < -0.3 is 14.6 Å². The van der Waals surface area contributed by atoms with Crippen LogP contribution in [0.25, 0.3) is 0 Å². The van der Waals surface area contributed by atoms with Gasteiger partial charge in [0.25, 0.3) is 0 Å². The first kappa shape index (κ1) is 26.1. The van der Waals surface area contributed by atoms with Gasteiger partial charge in [-0.05, 0) is 49.5 Å². The van der Waals surface area contributed by atoms with Gasteiger partial charge in [-0.1, -0.05) is 37.3 Å². The minimum absolute atomic E-state index is 0.156. The Bertz CT molecular complexity index is 989. The molecule has 34 heavy (non-hydrogen) atoms. The summed E-state index contributed by atoms with van der Waals surface area (Å²) in [6.07, 6.45) is 5.16. The molecule has 0 fully saturated rings. The predicted molar refractivity (Wildman–Crippen MR) is 124 cm³/mol. The summed E-state index contributed by atoms with van der Waals surface area (Å²) in [4.78, 5) is 16.6. The van der Waals surface area contributed by atoms with E-state index in [1.54, 1.807) is 29.0 Å². The SMILES string of the molecule is CC(Cc1cncs1)CC(COC1(OC(C)C(=O)O)C=CC=CC1)c1ccc(C(F)(F)F)cc1. The third kappa shape index (κ3) is 7.25. The minimum atomic E-state index is -4.41. The van der Waals surface area contributed by atoms with E-state index >= 15 is 0 Å². The molecule has 1 heterocycles. The van der Waals surface area contributed by atoms with Crippen molar-refractivity contribution in [3.05, 3.63) is 76.3 Å². The number of carboxylic acids is 1. The highest BCUT2D eigenvalue weighted by Gasteiger charge is 2.35. The lowest BCUT2D eigenvalue weighted by Gasteiger charge is -2.35. The van der Waals surface area contributed by atoms with Gasteiger partial charge in [0.2, 0.25) is 0 Å². The van der Waals surface area contributed by atoms with Gasteiger partial charge in [0.05, 0.1) is 17.7 Å². The van der Waals surface area contributed by atoms with Crippen LogP contribution in [0.5, 0.6) is 0 Å². The summed E-state index contributed by atoms with van der Waals surface area (Å²) >= 11 is 1.56. The molecule has 9 heteroatoms. The van der Waals surface area contributed by atoms with E-state index < -0.39 is 29.6 Å². The fraction of sp³-hybridized carbons (Fsp3) is 0.440. The summed E-state index contributed by atoms with van der Waals surface area (Å²) in [6.45, 7) is 3.67. The second-order valence-corrected chi connectivity index (χ2v) is 9.51. The highest BCUT2D eigenvalue weighted by molar-refractivity contribution is 7.09. The molecule has 0 saturated heterocycles. The number of halogens is 3. The number of alkyl halides is 3. The summed E-state index contributed by atoms with van der Waals surface area (Å²) in [5.41, 5.74) is 1.79. The maximum absolute atomic E-state index is 13.1. The Labute approximate surface area is 200 Å². The highest BCUT2D eigenvalue weighted by atomic mass is 32.1. The van der Waals surface area contributed by atoms with E-state index in [9.17, 15) is 23.1 Å². The van der Waals surface area contributed by atoms with Crippen molar-refractivity contribution >= 4 is 17.3 Å². The maximum atomic E-state index is 13.1. The summed E-state index contributed by atoms with van der Waals surface area (Å²) in [5, 5.41) is 9.30. The second-order valence-electron chi connectivity index (χ2n) is 8.54. The van der Waals surface area contributed by atoms with Crippen molar-refractivity contribution in [1.29, 1.82) is 0 Å². The Balaban J connectivity index is 1.79. The van der Waals surface area contributed by atoms with Gasteiger partial charge in [0.15, 0.2) is 11.9 Å². The number of carboxylic acid groups (broad SMARTS) is 1. The van der Waals surface area contributed by atoms with E-state index in [1.165, 1.54) is 19.1 Å². The third-order valence-electron chi connectivity index (χ3n) is 5.68. The average Bonchev–Trinajstić information content (AvgIpc) is 3.29. The summed E-state index contributed by atoms with van der Waals surface area (Å²) in [5.74, 6) is -2.36. The molecule has 0 amide bonds. The number of hydrogen-bond acceptors (Lipinski definition) is 5. The molecule has 1 aliphatic carbocycles. The Morgan fingerprint density at radius 1 is 1.24 bits per heavy atom. The van der Waals surface area contributed by atoms with Crippen LogP contribution in [0.2, 0.25) is 0 Å². The van der Waals surface area contributed by atoms with E-state index in [1.807, 2.05) is 18.3 Å². The monoisotopic (exact) mass is 495 g/mol. The van der Waals surface area contributed by atoms with Gasteiger partial charge in [-0.25, -0.2) is 4.79 Å². The van der Waals surface area contributed by atoms with E-state index in [-0.39, 0.29) is 18.4 Å². The normalized spacial score (nSPS) is 20.7. The summed E-state index contributed by atoms with van der Waals surface area (Å²) in [6, 6.07) is 5.14. The van der Waals surface area contributed by atoms with Crippen LogP contribution in [0.3, 0.4) is 0 Å². The molecule has 1 aromatic carbocycles. The van der Waals surface area contributed by atoms with Crippen molar-refractivity contribution in [3.8, 4) is 0 Å². The molecule has 5 nitrogen and oxygen atoms in total. The van der Waals surface area contributed by atoms with E-state index in [0.717, 1.165) is 29.0 Å². The first-order valence-corrected chi connectivity index (χ1v) is 11.9. The Hall–Kier alpha value is -2.49.